The molecule has 92 valence electrons. The van der Waals surface area contributed by atoms with Crippen LogP contribution in [0.2, 0.25) is 0 Å². The predicted octanol–water partition coefficient (Wildman–Crippen LogP) is 1.02. The molecule has 0 saturated carbocycles. The highest BCUT2D eigenvalue weighted by Gasteiger charge is 2.31. The van der Waals surface area contributed by atoms with Crippen molar-refractivity contribution in [2.45, 2.75) is 40.2 Å². The first kappa shape index (κ1) is 13.0. The highest BCUT2D eigenvalue weighted by molar-refractivity contribution is 5.90. The molecule has 4 nitrogen and oxygen atoms in total. The van der Waals surface area contributed by atoms with Crippen LogP contribution in [0.4, 0.5) is 0 Å². The Balaban J connectivity index is 2.79. The molecule has 0 radical (unpaired) electrons. The lowest BCUT2D eigenvalue weighted by atomic mass is 10.0. The summed E-state index contributed by atoms with van der Waals surface area (Å²) in [4.78, 5) is 25.5. The van der Waals surface area contributed by atoms with Gasteiger partial charge in [-0.05, 0) is 11.8 Å². The van der Waals surface area contributed by atoms with Crippen LogP contribution in [-0.4, -0.2) is 35.8 Å². The molecule has 1 aliphatic heterocycles. The molecule has 1 N–H and O–H groups in total. The Labute approximate surface area is 97.4 Å². The van der Waals surface area contributed by atoms with Gasteiger partial charge in [-0.2, -0.15) is 0 Å². The summed E-state index contributed by atoms with van der Waals surface area (Å²) < 4.78 is 0. The van der Waals surface area contributed by atoms with Gasteiger partial charge < -0.3 is 10.2 Å². The normalized spacial score (nSPS) is 22.6. The second-order valence-electron chi connectivity index (χ2n) is 5.22. The highest BCUT2D eigenvalue weighted by atomic mass is 16.2. The Morgan fingerprint density at radius 3 is 2.44 bits per heavy atom. The fourth-order valence-electron chi connectivity index (χ4n) is 1.92. The van der Waals surface area contributed by atoms with E-state index in [4.69, 9.17) is 0 Å². The van der Waals surface area contributed by atoms with Gasteiger partial charge in [-0.3, -0.25) is 9.59 Å². The number of hydrogen-bond acceptors (Lipinski definition) is 2. The van der Waals surface area contributed by atoms with E-state index in [9.17, 15) is 9.59 Å². The second kappa shape index (κ2) is 5.32. The molecule has 16 heavy (non-hydrogen) atoms. The van der Waals surface area contributed by atoms with Crippen LogP contribution in [0, 0.1) is 11.8 Å². The van der Waals surface area contributed by atoms with Gasteiger partial charge in [0, 0.05) is 19.5 Å². The first-order chi connectivity index (χ1) is 7.41. The summed E-state index contributed by atoms with van der Waals surface area (Å²) in [5.41, 5.74) is 0. The monoisotopic (exact) mass is 226 g/mol. The summed E-state index contributed by atoms with van der Waals surface area (Å²) in [7, 11) is 0. The van der Waals surface area contributed by atoms with Crippen molar-refractivity contribution < 1.29 is 9.59 Å². The summed E-state index contributed by atoms with van der Waals surface area (Å²) in [6.45, 7) is 9.36. The number of amides is 2. The zero-order valence-corrected chi connectivity index (χ0v) is 10.6. The van der Waals surface area contributed by atoms with Crippen molar-refractivity contribution >= 4 is 11.8 Å². The van der Waals surface area contributed by atoms with Crippen molar-refractivity contribution in [2.75, 3.05) is 13.1 Å². The number of carbonyl (C=O) groups excluding carboxylic acids is 2. The molecule has 0 aromatic carbocycles. The third-order valence-electron chi connectivity index (χ3n) is 2.76. The van der Waals surface area contributed by atoms with Crippen LogP contribution in [0.1, 0.15) is 34.1 Å². The van der Waals surface area contributed by atoms with Gasteiger partial charge in [0.05, 0.1) is 0 Å². The fraction of sp³-hybridized carbons (Fsp3) is 0.833. The SMILES string of the molecule is CC(C)CN1CCC(=O)NC(C(C)C)C1=O. The Morgan fingerprint density at radius 2 is 1.94 bits per heavy atom. The number of hydrogen-bond donors (Lipinski definition) is 1. The summed E-state index contributed by atoms with van der Waals surface area (Å²) in [6, 6.07) is -0.353. The summed E-state index contributed by atoms with van der Waals surface area (Å²) in [5, 5.41) is 2.80. The Kier molecular flexibility index (Phi) is 4.33. The van der Waals surface area contributed by atoms with Gasteiger partial charge in [0.15, 0.2) is 0 Å². The number of rotatable bonds is 3. The van der Waals surface area contributed by atoms with E-state index in [0.29, 0.717) is 18.9 Å². The van der Waals surface area contributed by atoms with Gasteiger partial charge in [-0.15, -0.1) is 0 Å². The Bertz CT molecular complexity index is 274. The van der Waals surface area contributed by atoms with Gasteiger partial charge >= 0.3 is 0 Å². The van der Waals surface area contributed by atoms with Crippen LogP contribution in [0.15, 0.2) is 0 Å². The maximum atomic E-state index is 12.2. The smallest absolute Gasteiger partial charge is 0.245 e. The zero-order chi connectivity index (χ0) is 12.3. The third kappa shape index (κ3) is 3.22. The predicted molar refractivity (Wildman–Crippen MR) is 62.8 cm³/mol. The van der Waals surface area contributed by atoms with Gasteiger partial charge in [0.1, 0.15) is 6.04 Å². The standard InChI is InChI=1S/C12H22N2O2/c1-8(2)7-14-6-5-10(15)13-11(9(3)4)12(14)16/h8-9,11H,5-7H2,1-4H3,(H,13,15). The second-order valence-corrected chi connectivity index (χ2v) is 5.22. The lowest BCUT2D eigenvalue weighted by Gasteiger charge is -2.27. The Morgan fingerprint density at radius 1 is 1.31 bits per heavy atom. The van der Waals surface area contributed by atoms with Crippen LogP contribution < -0.4 is 5.32 Å². The van der Waals surface area contributed by atoms with E-state index in [0.717, 1.165) is 6.54 Å². The molecular weight excluding hydrogens is 204 g/mol. The van der Waals surface area contributed by atoms with E-state index >= 15 is 0 Å². The van der Waals surface area contributed by atoms with Crippen LogP contribution >= 0.6 is 0 Å². The molecular formula is C12H22N2O2. The largest absolute Gasteiger partial charge is 0.344 e. The number of carbonyl (C=O) groups is 2. The van der Waals surface area contributed by atoms with E-state index < -0.39 is 0 Å². The van der Waals surface area contributed by atoms with E-state index in [2.05, 4.69) is 19.2 Å². The van der Waals surface area contributed by atoms with E-state index in [1.165, 1.54) is 0 Å². The van der Waals surface area contributed by atoms with Crippen molar-refractivity contribution in [3.63, 3.8) is 0 Å². The van der Waals surface area contributed by atoms with Gasteiger partial charge in [0.25, 0.3) is 0 Å². The van der Waals surface area contributed by atoms with Crippen molar-refractivity contribution in [2.24, 2.45) is 11.8 Å². The minimum atomic E-state index is -0.353. The van der Waals surface area contributed by atoms with Crippen LogP contribution in [0.25, 0.3) is 0 Å². The van der Waals surface area contributed by atoms with E-state index in [1.54, 1.807) is 0 Å². The summed E-state index contributed by atoms with van der Waals surface area (Å²) >= 11 is 0. The molecule has 1 rings (SSSR count). The first-order valence-corrected chi connectivity index (χ1v) is 6.00. The van der Waals surface area contributed by atoms with Crippen LogP contribution in [-0.2, 0) is 9.59 Å². The average Bonchev–Trinajstić information content (AvgIpc) is 2.30. The van der Waals surface area contributed by atoms with Crippen molar-refractivity contribution in [3.05, 3.63) is 0 Å². The van der Waals surface area contributed by atoms with E-state index in [1.807, 2.05) is 18.7 Å². The molecule has 0 aromatic rings. The zero-order valence-electron chi connectivity index (χ0n) is 10.6. The van der Waals surface area contributed by atoms with Crippen molar-refractivity contribution in [1.29, 1.82) is 0 Å². The molecule has 1 fully saturated rings. The minimum absolute atomic E-state index is 0.0155. The maximum Gasteiger partial charge on any atom is 0.245 e. The molecule has 1 aliphatic rings. The molecule has 0 aliphatic carbocycles. The molecule has 1 unspecified atom stereocenters. The first-order valence-electron chi connectivity index (χ1n) is 6.00. The molecule has 1 atom stereocenters. The molecule has 0 spiro atoms. The van der Waals surface area contributed by atoms with Crippen LogP contribution in [0.3, 0.4) is 0 Å². The molecule has 2 amide bonds. The van der Waals surface area contributed by atoms with Gasteiger partial charge in [-0.1, -0.05) is 27.7 Å². The quantitative estimate of drug-likeness (QED) is 0.781. The lowest BCUT2D eigenvalue weighted by molar-refractivity contribution is -0.135. The molecule has 0 bridgehead atoms. The lowest BCUT2D eigenvalue weighted by Crippen LogP contribution is -2.48. The summed E-state index contributed by atoms with van der Waals surface area (Å²) in [5.74, 6) is 0.627. The van der Waals surface area contributed by atoms with Gasteiger partial charge in [-0.25, -0.2) is 0 Å². The van der Waals surface area contributed by atoms with Crippen LogP contribution in [0.5, 0.6) is 0 Å². The molecule has 1 saturated heterocycles. The maximum absolute atomic E-state index is 12.2. The molecule has 0 aromatic heterocycles. The van der Waals surface area contributed by atoms with E-state index in [-0.39, 0.29) is 23.8 Å². The van der Waals surface area contributed by atoms with Crippen molar-refractivity contribution in [1.82, 2.24) is 10.2 Å². The average molecular weight is 226 g/mol. The van der Waals surface area contributed by atoms with Crippen molar-refractivity contribution in [3.8, 4) is 0 Å². The Hall–Kier alpha value is -1.06. The minimum Gasteiger partial charge on any atom is -0.344 e. The fourth-order valence-corrected chi connectivity index (χ4v) is 1.92. The topological polar surface area (TPSA) is 49.4 Å². The molecule has 1 heterocycles. The third-order valence-corrected chi connectivity index (χ3v) is 2.76. The summed E-state index contributed by atoms with van der Waals surface area (Å²) in [6.07, 6.45) is 0.418. The number of nitrogens with one attached hydrogen (secondary N) is 1. The molecule has 4 heteroatoms. The van der Waals surface area contributed by atoms with Gasteiger partial charge in [0.2, 0.25) is 11.8 Å². The highest BCUT2D eigenvalue weighted by Crippen LogP contribution is 2.12. The number of nitrogens with zero attached hydrogens (tertiary/aromatic N) is 1.